The van der Waals surface area contributed by atoms with Crippen LogP contribution in [0.5, 0.6) is 0 Å². The van der Waals surface area contributed by atoms with Crippen LogP contribution in [0.25, 0.3) is 0 Å². The quantitative estimate of drug-likeness (QED) is 0.730. The van der Waals surface area contributed by atoms with Gasteiger partial charge in [0.2, 0.25) is 0 Å². The molecule has 1 aromatic carbocycles. The molecule has 3 heteroatoms. The molecule has 0 saturated heterocycles. The Labute approximate surface area is 96.2 Å². The molecule has 0 aliphatic heterocycles. The average molecular weight is 229 g/mol. The van der Waals surface area contributed by atoms with Crippen molar-refractivity contribution in [1.82, 2.24) is 0 Å². The van der Waals surface area contributed by atoms with Crippen LogP contribution < -0.4 is 0 Å². The third-order valence-electron chi connectivity index (χ3n) is 2.30. The SMILES string of the molecule is COC(C)(C)O[C@@H](C)c1ccccc1Cl. The molecule has 0 amide bonds. The lowest BCUT2D eigenvalue weighted by molar-refractivity contribution is -0.221. The smallest absolute Gasteiger partial charge is 0.163 e. The fourth-order valence-corrected chi connectivity index (χ4v) is 1.63. The van der Waals surface area contributed by atoms with Crippen molar-refractivity contribution in [1.29, 1.82) is 0 Å². The summed E-state index contributed by atoms with van der Waals surface area (Å²) in [6, 6.07) is 7.66. The van der Waals surface area contributed by atoms with E-state index in [-0.39, 0.29) is 6.10 Å². The number of hydrogen-bond acceptors (Lipinski definition) is 2. The highest BCUT2D eigenvalue weighted by atomic mass is 35.5. The maximum atomic E-state index is 6.07. The van der Waals surface area contributed by atoms with Gasteiger partial charge in [0.15, 0.2) is 5.79 Å². The van der Waals surface area contributed by atoms with E-state index < -0.39 is 5.79 Å². The Bertz CT molecular complexity index is 323. The monoisotopic (exact) mass is 228 g/mol. The molecule has 1 rings (SSSR count). The highest BCUT2D eigenvalue weighted by molar-refractivity contribution is 6.31. The molecule has 0 bridgehead atoms. The predicted molar refractivity (Wildman–Crippen MR) is 62.0 cm³/mol. The normalized spacial score (nSPS) is 13.9. The number of benzene rings is 1. The summed E-state index contributed by atoms with van der Waals surface area (Å²) >= 11 is 6.07. The van der Waals surface area contributed by atoms with Crippen molar-refractivity contribution in [3.05, 3.63) is 34.9 Å². The van der Waals surface area contributed by atoms with E-state index in [0.717, 1.165) is 10.6 Å². The Morgan fingerprint density at radius 2 is 1.87 bits per heavy atom. The minimum atomic E-state index is -0.599. The van der Waals surface area contributed by atoms with Crippen molar-refractivity contribution in [3.8, 4) is 0 Å². The van der Waals surface area contributed by atoms with Gasteiger partial charge in [-0.05, 0) is 32.4 Å². The van der Waals surface area contributed by atoms with Gasteiger partial charge in [0.05, 0.1) is 6.10 Å². The van der Waals surface area contributed by atoms with Crippen molar-refractivity contribution < 1.29 is 9.47 Å². The molecule has 0 unspecified atom stereocenters. The second kappa shape index (κ2) is 4.97. The van der Waals surface area contributed by atoms with Crippen molar-refractivity contribution in [2.75, 3.05) is 7.11 Å². The number of ether oxygens (including phenoxy) is 2. The van der Waals surface area contributed by atoms with E-state index in [4.69, 9.17) is 21.1 Å². The Hall–Kier alpha value is -0.570. The lowest BCUT2D eigenvalue weighted by Crippen LogP contribution is -2.28. The van der Waals surface area contributed by atoms with Gasteiger partial charge in [0, 0.05) is 12.1 Å². The lowest BCUT2D eigenvalue weighted by Gasteiger charge is -2.28. The molecule has 84 valence electrons. The standard InChI is InChI=1S/C12H17ClO2/c1-9(15-12(2,3)14-4)10-7-5-6-8-11(10)13/h5-9H,1-4H3/t9-/m0/s1. The van der Waals surface area contributed by atoms with Crippen LogP contribution in [-0.2, 0) is 9.47 Å². The second-order valence-corrected chi connectivity index (χ2v) is 4.29. The molecule has 0 saturated carbocycles. The summed E-state index contributed by atoms with van der Waals surface area (Å²) in [6.07, 6.45) is -0.0892. The van der Waals surface area contributed by atoms with Gasteiger partial charge in [-0.3, -0.25) is 0 Å². The third-order valence-corrected chi connectivity index (χ3v) is 2.64. The van der Waals surface area contributed by atoms with Gasteiger partial charge in [-0.2, -0.15) is 0 Å². The van der Waals surface area contributed by atoms with Crippen LogP contribution in [0.3, 0.4) is 0 Å². The van der Waals surface area contributed by atoms with Crippen molar-refractivity contribution in [2.45, 2.75) is 32.7 Å². The highest BCUT2D eigenvalue weighted by Gasteiger charge is 2.22. The molecular formula is C12H17ClO2. The van der Waals surface area contributed by atoms with Gasteiger partial charge in [-0.1, -0.05) is 29.8 Å². The fraction of sp³-hybridized carbons (Fsp3) is 0.500. The minimum absolute atomic E-state index is 0.0892. The first-order chi connectivity index (χ1) is 6.96. The summed E-state index contributed by atoms with van der Waals surface area (Å²) in [6.45, 7) is 5.71. The number of methoxy groups -OCH3 is 1. The maximum absolute atomic E-state index is 6.07. The minimum Gasteiger partial charge on any atom is -0.354 e. The molecule has 15 heavy (non-hydrogen) atoms. The highest BCUT2D eigenvalue weighted by Crippen LogP contribution is 2.28. The average Bonchev–Trinajstić information content (AvgIpc) is 2.17. The molecule has 0 fully saturated rings. The van der Waals surface area contributed by atoms with Gasteiger partial charge in [0.1, 0.15) is 0 Å². The molecule has 1 atom stereocenters. The Morgan fingerprint density at radius 3 is 2.40 bits per heavy atom. The molecule has 0 spiro atoms. The first-order valence-electron chi connectivity index (χ1n) is 4.93. The molecule has 0 N–H and O–H groups in total. The summed E-state index contributed by atoms with van der Waals surface area (Å²) in [7, 11) is 1.62. The fourth-order valence-electron chi connectivity index (χ4n) is 1.34. The largest absolute Gasteiger partial charge is 0.354 e. The van der Waals surface area contributed by atoms with E-state index >= 15 is 0 Å². The van der Waals surface area contributed by atoms with Gasteiger partial charge >= 0.3 is 0 Å². The van der Waals surface area contributed by atoms with Gasteiger partial charge in [-0.15, -0.1) is 0 Å². The molecule has 0 aromatic heterocycles. The van der Waals surface area contributed by atoms with E-state index in [1.165, 1.54) is 0 Å². The van der Waals surface area contributed by atoms with Crippen LogP contribution in [0.15, 0.2) is 24.3 Å². The van der Waals surface area contributed by atoms with Crippen LogP contribution in [0, 0.1) is 0 Å². The van der Waals surface area contributed by atoms with E-state index in [9.17, 15) is 0 Å². The molecule has 2 nitrogen and oxygen atoms in total. The molecule has 0 heterocycles. The van der Waals surface area contributed by atoms with Gasteiger partial charge < -0.3 is 9.47 Å². The van der Waals surface area contributed by atoms with Gasteiger partial charge in [-0.25, -0.2) is 0 Å². The number of halogens is 1. The Kier molecular flexibility index (Phi) is 4.14. The summed E-state index contributed by atoms with van der Waals surface area (Å²) in [5.74, 6) is -0.599. The van der Waals surface area contributed by atoms with E-state index in [0.29, 0.717) is 0 Å². The molecular weight excluding hydrogens is 212 g/mol. The van der Waals surface area contributed by atoms with Crippen molar-refractivity contribution in [2.24, 2.45) is 0 Å². The topological polar surface area (TPSA) is 18.5 Å². The van der Waals surface area contributed by atoms with E-state index in [1.54, 1.807) is 7.11 Å². The lowest BCUT2D eigenvalue weighted by atomic mass is 10.1. The zero-order valence-electron chi connectivity index (χ0n) is 9.58. The summed E-state index contributed by atoms with van der Waals surface area (Å²) < 4.78 is 11.0. The zero-order valence-corrected chi connectivity index (χ0v) is 10.3. The molecule has 0 aliphatic carbocycles. The van der Waals surface area contributed by atoms with E-state index in [1.807, 2.05) is 45.0 Å². The van der Waals surface area contributed by atoms with Crippen molar-refractivity contribution in [3.63, 3.8) is 0 Å². The summed E-state index contributed by atoms with van der Waals surface area (Å²) in [4.78, 5) is 0. The maximum Gasteiger partial charge on any atom is 0.163 e. The molecule has 0 aliphatic rings. The third kappa shape index (κ3) is 3.49. The summed E-state index contributed by atoms with van der Waals surface area (Å²) in [5.41, 5.74) is 0.976. The number of rotatable bonds is 4. The van der Waals surface area contributed by atoms with Crippen LogP contribution in [0.2, 0.25) is 5.02 Å². The van der Waals surface area contributed by atoms with Gasteiger partial charge in [0.25, 0.3) is 0 Å². The first kappa shape index (κ1) is 12.5. The van der Waals surface area contributed by atoms with E-state index in [2.05, 4.69) is 0 Å². The molecule has 0 radical (unpaired) electrons. The van der Waals surface area contributed by atoms with Crippen LogP contribution in [-0.4, -0.2) is 12.9 Å². The number of hydrogen-bond donors (Lipinski definition) is 0. The Balaban J connectivity index is 2.78. The van der Waals surface area contributed by atoms with Crippen molar-refractivity contribution >= 4 is 11.6 Å². The summed E-state index contributed by atoms with van der Waals surface area (Å²) in [5, 5.41) is 0.719. The van der Waals surface area contributed by atoms with Crippen LogP contribution in [0.4, 0.5) is 0 Å². The second-order valence-electron chi connectivity index (χ2n) is 3.89. The predicted octanol–water partition coefficient (Wildman–Crippen LogP) is 3.80. The molecule has 1 aromatic rings. The van der Waals surface area contributed by atoms with Crippen LogP contribution in [0.1, 0.15) is 32.4 Å². The zero-order chi connectivity index (χ0) is 11.5. The van der Waals surface area contributed by atoms with Crippen LogP contribution >= 0.6 is 11.6 Å². The first-order valence-corrected chi connectivity index (χ1v) is 5.31. The Morgan fingerprint density at radius 1 is 1.27 bits per heavy atom.